The Bertz CT molecular complexity index is 653. The minimum Gasteiger partial charge on any atom is -0.463 e. The second-order valence-corrected chi connectivity index (χ2v) is 10.8. The second-order valence-electron chi connectivity index (χ2n) is 10.8. The Morgan fingerprint density at radius 2 is 1.74 bits per heavy atom. The molecule has 0 aromatic carbocycles. The summed E-state index contributed by atoms with van der Waals surface area (Å²) in [6.45, 7) is 11.3. The van der Waals surface area contributed by atoms with E-state index in [1.807, 2.05) is 0 Å². The predicted molar refractivity (Wildman–Crippen MR) is 99.0 cm³/mol. The third-order valence-corrected chi connectivity index (χ3v) is 9.13. The number of cyclic esters (lactones) is 1. The Morgan fingerprint density at radius 3 is 2.41 bits per heavy atom. The summed E-state index contributed by atoms with van der Waals surface area (Å²) in [5, 5.41) is 0. The van der Waals surface area contributed by atoms with Crippen molar-refractivity contribution < 1.29 is 23.7 Å². The fourth-order valence-electron chi connectivity index (χ4n) is 7.69. The van der Waals surface area contributed by atoms with Crippen LogP contribution >= 0.6 is 0 Å². The van der Waals surface area contributed by atoms with Gasteiger partial charge in [0.15, 0.2) is 5.79 Å². The molecule has 5 heteroatoms. The van der Waals surface area contributed by atoms with Crippen LogP contribution in [0.2, 0.25) is 0 Å². The van der Waals surface area contributed by atoms with Crippen LogP contribution < -0.4 is 0 Å². The van der Waals surface area contributed by atoms with E-state index in [9.17, 15) is 4.79 Å². The molecule has 0 aromatic heterocycles. The van der Waals surface area contributed by atoms with Crippen molar-refractivity contribution in [3.8, 4) is 0 Å². The zero-order valence-electron chi connectivity index (χ0n) is 17.3. The number of hydrogen-bond acceptors (Lipinski definition) is 5. The van der Waals surface area contributed by atoms with E-state index in [1.165, 1.54) is 19.3 Å². The summed E-state index contributed by atoms with van der Waals surface area (Å²) in [4.78, 5) is 11.9. The minimum atomic E-state index is -0.548. The lowest BCUT2D eigenvalue weighted by molar-refractivity contribution is -0.339. The molecular weight excluding hydrogens is 344 g/mol. The molecule has 0 N–H and O–H groups in total. The lowest BCUT2D eigenvalue weighted by Crippen LogP contribution is -2.70. The van der Waals surface area contributed by atoms with Gasteiger partial charge in [-0.3, -0.25) is 4.79 Å². The molecule has 2 aliphatic carbocycles. The van der Waals surface area contributed by atoms with Crippen LogP contribution in [0.1, 0.15) is 72.6 Å². The highest BCUT2D eigenvalue weighted by atomic mass is 16.7. The zero-order chi connectivity index (χ0) is 19.1. The normalized spacial score (nSPS) is 50.4. The molecule has 0 bridgehead atoms. The standard InChI is InChI=1S/C22H34O5/c1-15-21(9-8-20(27-21)13-17(23)24-14-20)19(4)7-5-6-18(2,3)16(19)12-22(15)25-10-11-26-22/h15-16H,5-14H2,1-4H3/t15-,16-,19-,20+,21+/m0/s1. The molecule has 5 fully saturated rings. The summed E-state index contributed by atoms with van der Waals surface area (Å²) >= 11 is 0. The highest BCUT2D eigenvalue weighted by molar-refractivity contribution is 5.73. The van der Waals surface area contributed by atoms with E-state index in [-0.39, 0.29) is 28.3 Å². The largest absolute Gasteiger partial charge is 0.463 e. The zero-order valence-corrected chi connectivity index (χ0v) is 17.3. The van der Waals surface area contributed by atoms with E-state index in [0.717, 1.165) is 19.3 Å². The van der Waals surface area contributed by atoms with Gasteiger partial charge in [-0.15, -0.1) is 0 Å². The average Bonchev–Trinajstić information content (AvgIpc) is 3.31. The summed E-state index contributed by atoms with van der Waals surface area (Å²) in [5.41, 5.74) is -0.489. The van der Waals surface area contributed by atoms with Gasteiger partial charge >= 0.3 is 5.97 Å². The number of carbonyl (C=O) groups is 1. The lowest BCUT2D eigenvalue weighted by atomic mass is 9.43. The third-order valence-electron chi connectivity index (χ3n) is 9.13. The first-order chi connectivity index (χ1) is 12.7. The number of ether oxygens (including phenoxy) is 4. The van der Waals surface area contributed by atoms with Crippen molar-refractivity contribution in [1.82, 2.24) is 0 Å². The van der Waals surface area contributed by atoms with Gasteiger partial charge in [0.1, 0.15) is 12.2 Å². The Balaban J connectivity index is 1.62. The number of fused-ring (bicyclic) bond motifs is 2. The second kappa shape index (κ2) is 5.48. The van der Waals surface area contributed by atoms with Crippen LogP contribution in [0, 0.1) is 22.7 Å². The Morgan fingerprint density at radius 1 is 1.00 bits per heavy atom. The Kier molecular flexibility index (Phi) is 3.73. The van der Waals surface area contributed by atoms with Crippen LogP contribution in [0.25, 0.3) is 0 Å². The van der Waals surface area contributed by atoms with E-state index < -0.39 is 11.4 Å². The van der Waals surface area contributed by atoms with Crippen LogP contribution in [0.5, 0.6) is 0 Å². The van der Waals surface area contributed by atoms with Crippen LogP contribution in [0.4, 0.5) is 0 Å². The smallest absolute Gasteiger partial charge is 0.308 e. The molecule has 3 saturated heterocycles. The first-order valence-corrected chi connectivity index (χ1v) is 10.8. The van der Waals surface area contributed by atoms with Gasteiger partial charge in [0.2, 0.25) is 0 Å². The van der Waals surface area contributed by atoms with Crippen molar-refractivity contribution in [2.75, 3.05) is 19.8 Å². The molecule has 152 valence electrons. The quantitative estimate of drug-likeness (QED) is 0.600. The summed E-state index contributed by atoms with van der Waals surface area (Å²) in [7, 11) is 0. The van der Waals surface area contributed by atoms with E-state index in [0.29, 0.717) is 32.2 Å². The maximum absolute atomic E-state index is 11.9. The van der Waals surface area contributed by atoms with Crippen molar-refractivity contribution in [2.45, 2.75) is 89.6 Å². The number of hydrogen-bond donors (Lipinski definition) is 0. The topological polar surface area (TPSA) is 54.0 Å². The molecule has 3 spiro atoms. The summed E-state index contributed by atoms with van der Waals surface area (Å²) < 4.78 is 25.1. The molecule has 0 amide bonds. The van der Waals surface area contributed by atoms with E-state index >= 15 is 0 Å². The van der Waals surface area contributed by atoms with Crippen molar-refractivity contribution >= 4 is 5.97 Å². The summed E-state index contributed by atoms with van der Waals surface area (Å²) in [6.07, 6.45) is 6.83. The van der Waals surface area contributed by atoms with Crippen molar-refractivity contribution in [1.29, 1.82) is 0 Å². The maximum Gasteiger partial charge on any atom is 0.308 e. The SMILES string of the molecule is C[C@@H]1C2(C[C@H]3C(C)(C)CCC[C@]3(C)[C@@]13CC[C@@]1(COC(=O)C1)O3)OCCO2. The first-order valence-electron chi connectivity index (χ1n) is 10.8. The molecule has 0 aromatic rings. The minimum absolute atomic E-state index is 0.0594. The van der Waals surface area contributed by atoms with Crippen LogP contribution in [0.3, 0.4) is 0 Å². The molecule has 5 aliphatic rings. The van der Waals surface area contributed by atoms with E-state index in [4.69, 9.17) is 18.9 Å². The third kappa shape index (κ3) is 2.25. The first kappa shape index (κ1) is 18.4. The fourth-order valence-corrected chi connectivity index (χ4v) is 7.69. The lowest BCUT2D eigenvalue weighted by Gasteiger charge is -2.67. The molecule has 0 unspecified atom stereocenters. The fraction of sp³-hybridized carbons (Fsp3) is 0.955. The van der Waals surface area contributed by atoms with Gasteiger partial charge in [0, 0.05) is 17.8 Å². The molecule has 5 rings (SSSR count). The molecule has 5 nitrogen and oxygen atoms in total. The molecule has 0 radical (unpaired) electrons. The van der Waals surface area contributed by atoms with E-state index in [1.54, 1.807) is 0 Å². The van der Waals surface area contributed by atoms with Gasteiger partial charge in [0.25, 0.3) is 0 Å². The molecule has 2 saturated carbocycles. The van der Waals surface area contributed by atoms with Crippen molar-refractivity contribution in [3.63, 3.8) is 0 Å². The van der Waals surface area contributed by atoms with Gasteiger partial charge in [-0.25, -0.2) is 0 Å². The van der Waals surface area contributed by atoms with E-state index in [2.05, 4.69) is 27.7 Å². The van der Waals surface area contributed by atoms with Gasteiger partial charge in [-0.1, -0.05) is 34.1 Å². The predicted octanol–water partition coefficient (Wildman–Crippen LogP) is 3.84. The molecule has 3 heterocycles. The Hall–Kier alpha value is -0.650. The molecule has 27 heavy (non-hydrogen) atoms. The number of rotatable bonds is 0. The maximum atomic E-state index is 11.9. The Labute approximate surface area is 162 Å². The van der Waals surface area contributed by atoms with Crippen LogP contribution in [-0.2, 0) is 23.7 Å². The van der Waals surface area contributed by atoms with Gasteiger partial charge in [-0.2, -0.15) is 0 Å². The number of esters is 1. The highest BCUT2D eigenvalue weighted by Gasteiger charge is 2.74. The average molecular weight is 379 g/mol. The van der Waals surface area contributed by atoms with Gasteiger partial charge in [0.05, 0.1) is 25.2 Å². The molecule has 3 aliphatic heterocycles. The van der Waals surface area contributed by atoms with Crippen molar-refractivity contribution in [2.24, 2.45) is 22.7 Å². The molecular formula is C22H34O5. The highest BCUT2D eigenvalue weighted by Crippen LogP contribution is 2.70. The van der Waals surface area contributed by atoms with Crippen LogP contribution in [-0.4, -0.2) is 42.8 Å². The number of carbonyl (C=O) groups excluding carboxylic acids is 1. The monoisotopic (exact) mass is 378 g/mol. The van der Waals surface area contributed by atoms with Gasteiger partial charge < -0.3 is 18.9 Å². The summed E-state index contributed by atoms with van der Waals surface area (Å²) in [6, 6.07) is 0. The molecule has 5 atom stereocenters. The van der Waals surface area contributed by atoms with Crippen molar-refractivity contribution in [3.05, 3.63) is 0 Å². The summed E-state index contributed by atoms with van der Waals surface area (Å²) in [5.74, 6) is -0.0587. The van der Waals surface area contributed by atoms with Crippen LogP contribution in [0.15, 0.2) is 0 Å². The van der Waals surface area contributed by atoms with Gasteiger partial charge in [-0.05, 0) is 37.0 Å².